The SMILES string of the molecule is CC(C)c1cc(-c2[c-]cccc2)ncc1[Si](C)(C)C.Cc1ccc(-c2ccc3c(c2)sc2c(-c4cc(CC(C)(C)C)ccn4)[c-]ccc23)cc1.[Ir]. The predicted octanol–water partition coefficient (Wildman–Crippen LogP) is 12.7. The van der Waals surface area contributed by atoms with Crippen LogP contribution < -0.4 is 5.19 Å². The maximum absolute atomic E-state index is 4.71. The van der Waals surface area contributed by atoms with Gasteiger partial charge in [-0.25, -0.2) is 0 Å². The predicted molar refractivity (Wildman–Crippen MR) is 220 cm³/mol. The quantitative estimate of drug-likeness (QED) is 0.123. The average Bonchev–Trinajstić information content (AvgIpc) is 3.46. The first-order chi connectivity index (χ1) is 23.8. The molecule has 4 aromatic carbocycles. The second-order valence-electron chi connectivity index (χ2n) is 15.9. The normalized spacial score (nSPS) is 11.7. The molecule has 0 fully saturated rings. The molecular weight excluding hydrogens is 833 g/mol. The number of rotatable bonds is 6. The molecule has 2 nitrogen and oxygen atoms in total. The molecule has 0 saturated carbocycles. The van der Waals surface area contributed by atoms with Crippen LogP contribution in [0.15, 0.2) is 109 Å². The minimum atomic E-state index is -1.34. The van der Waals surface area contributed by atoms with Gasteiger partial charge in [-0.1, -0.05) is 125 Å². The largest absolute Gasteiger partial charge is 0.305 e. The van der Waals surface area contributed by atoms with Crippen molar-refractivity contribution in [3.63, 3.8) is 0 Å². The fraction of sp³-hybridized carbons (Fsp3) is 0.261. The summed E-state index contributed by atoms with van der Waals surface area (Å²) >= 11 is 1.84. The number of pyridine rings is 2. The van der Waals surface area contributed by atoms with Crippen molar-refractivity contribution in [2.24, 2.45) is 5.41 Å². The average molecular weight is 881 g/mol. The van der Waals surface area contributed by atoms with Gasteiger partial charge in [0.15, 0.2) is 0 Å². The van der Waals surface area contributed by atoms with Gasteiger partial charge in [-0.15, -0.1) is 59.7 Å². The van der Waals surface area contributed by atoms with Crippen LogP contribution >= 0.6 is 11.3 Å². The summed E-state index contributed by atoms with van der Waals surface area (Å²) in [5.74, 6) is 0.534. The molecule has 0 aliphatic heterocycles. The van der Waals surface area contributed by atoms with Gasteiger partial charge < -0.3 is 9.97 Å². The van der Waals surface area contributed by atoms with E-state index in [-0.39, 0.29) is 25.5 Å². The molecule has 0 N–H and O–H groups in total. The summed E-state index contributed by atoms with van der Waals surface area (Å²) in [5, 5.41) is 4.06. The van der Waals surface area contributed by atoms with Gasteiger partial charge in [-0.05, 0) is 74.6 Å². The molecule has 5 heteroatoms. The van der Waals surface area contributed by atoms with Gasteiger partial charge in [0, 0.05) is 37.2 Å². The van der Waals surface area contributed by atoms with E-state index in [2.05, 4.69) is 157 Å². The summed E-state index contributed by atoms with van der Waals surface area (Å²) in [5.41, 5.74) is 11.0. The Morgan fingerprint density at radius 1 is 0.765 bits per heavy atom. The van der Waals surface area contributed by atoms with Crippen molar-refractivity contribution in [3.05, 3.63) is 138 Å². The zero-order valence-corrected chi connectivity index (χ0v) is 35.5. The van der Waals surface area contributed by atoms with Crippen LogP contribution in [0.3, 0.4) is 0 Å². The molecule has 3 aromatic heterocycles. The molecule has 7 aromatic rings. The molecule has 0 spiro atoms. The molecule has 7 rings (SSSR count). The topological polar surface area (TPSA) is 25.8 Å². The number of benzene rings is 4. The molecule has 1 radical (unpaired) electrons. The Labute approximate surface area is 323 Å². The third kappa shape index (κ3) is 9.20. The van der Waals surface area contributed by atoms with Crippen LogP contribution in [-0.2, 0) is 26.5 Å². The third-order valence-electron chi connectivity index (χ3n) is 8.98. The Bertz CT molecular complexity index is 2240. The first-order valence-electron chi connectivity index (χ1n) is 17.6. The second kappa shape index (κ2) is 15.9. The molecule has 51 heavy (non-hydrogen) atoms. The van der Waals surface area contributed by atoms with Crippen LogP contribution in [0.5, 0.6) is 0 Å². The number of aryl methyl sites for hydroxylation is 1. The van der Waals surface area contributed by atoms with Crippen LogP contribution in [0.1, 0.15) is 57.2 Å². The molecule has 0 unspecified atom stereocenters. The fourth-order valence-electron chi connectivity index (χ4n) is 6.47. The Kier molecular flexibility index (Phi) is 12.0. The van der Waals surface area contributed by atoms with E-state index in [1.165, 1.54) is 53.2 Å². The van der Waals surface area contributed by atoms with Gasteiger partial charge in [0.1, 0.15) is 0 Å². The standard InChI is InChI=1S/C29H26NS.C17H22NSi.Ir/c1-19-8-10-21(11-9-19)22-12-13-23-24-6-5-7-25(28(24)31-27(23)17-22)26-16-20(14-15-30-26)18-29(2,3)4;1-13(2)15-11-16(14-9-7-6-8-10-14)18-12-17(15)19(3,4)5;/h5-6,8-17H,18H2,1-4H3;6-9,11-13H,1-5H3;/q2*-1;. The maximum atomic E-state index is 4.71. The number of thiophene rings is 1. The molecule has 0 amide bonds. The van der Waals surface area contributed by atoms with Crippen molar-refractivity contribution in [1.82, 2.24) is 9.97 Å². The summed E-state index contributed by atoms with van der Waals surface area (Å²) in [4.78, 5) is 9.37. The first-order valence-corrected chi connectivity index (χ1v) is 22.0. The van der Waals surface area contributed by atoms with Gasteiger partial charge in [0.25, 0.3) is 0 Å². The monoisotopic (exact) mass is 881 g/mol. The molecule has 0 bridgehead atoms. The van der Waals surface area contributed by atoms with Crippen molar-refractivity contribution in [2.75, 3.05) is 0 Å². The Balaban J connectivity index is 0.000000218. The zero-order valence-electron chi connectivity index (χ0n) is 31.3. The molecule has 3 heterocycles. The summed E-state index contributed by atoms with van der Waals surface area (Å²) < 4.78 is 2.57. The number of aromatic nitrogens is 2. The van der Waals surface area contributed by atoms with E-state index in [0.717, 1.165) is 28.9 Å². The van der Waals surface area contributed by atoms with Gasteiger partial charge in [0.05, 0.1) is 8.07 Å². The van der Waals surface area contributed by atoms with E-state index in [1.54, 1.807) is 0 Å². The molecular formula is C46H48IrN2SSi-2. The Morgan fingerprint density at radius 2 is 1.51 bits per heavy atom. The maximum Gasteiger partial charge on any atom is 0.0799 e. The zero-order chi connectivity index (χ0) is 35.6. The van der Waals surface area contributed by atoms with Crippen LogP contribution in [0, 0.1) is 24.5 Å². The summed E-state index contributed by atoms with van der Waals surface area (Å²) in [6, 6.07) is 41.2. The number of fused-ring (bicyclic) bond motifs is 3. The first kappa shape index (κ1) is 38.5. The van der Waals surface area contributed by atoms with Crippen molar-refractivity contribution in [3.8, 4) is 33.6 Å². The van der Waals surface area contributed by atoms with E-state index in [9.17, 15) is 0 Å². The van der Waals surface area contributed by atoms with E-state index in [0.29, 0.717) is 5.92 Å². The van der Waals surface area contributed by atoms with E-state index >= 15 is 0 Å². The van der Waals surface area contributed by atoms with Crippen LogP contribution in [0.25, 0.3) is 53.8 Å². The Morgan fingerprint density at radius 3 is 2.18 bits per heavy atom. The van der Waals surface area contributed by atoms with Crippen molar-refractivity contribution in [1.29, 1.82) is 0 Å². The number of nitrogens with zero attached hydrogens (tertiary/aromatic N) is 2. The molecule has 263 valence electrons. The molecule has 0 aliphatic carbocycles. The van der Waals surface area contributed by atoms with Crippen molar-refractivity contribution >= 4 is 44.8 Å². The van der Waals surface area contributed by atoms with E-state index in [4.69, 9.17) is 4.98 Å². The molecule has 0 atom stereocenters. The second-order valence-corrected chi connectivity index (χ2v) is 22.0. The van der Waals surface area contributed by atoms with Gasteiger partial charge in [0.2, 0.25) is 0 Å². The smallest absolute Gasteiger partial charge is 0.0799 e. The van der Waals surface area contributed by atoms with Gasteiger partial charge in [-0.2, -0.15) is 11.3 Å². The van der Waals surface area contributed by atoms with Crippen LogP contribution in [0.2, 0.25) is 19.6 Å². The van der Waals surface area contributed by atoms with Crippen LogP contribution in [-0.4, -0.2) is 18.0 Å². The summed E-state index contributed by atoms with van der Waals surface area (Å²) in [6.07, 6.45) is 5.06. The fourth-order valence-corrected chi connectivity index (χ4v) is 9.39. The van der Waals surface area contributed by atoms with Crippen molar-refractivity contribution < 1.29 is 20.1 Å². The summed E-state index contributed by atoms with van der Waals surface area (Å²) in [7, 11) is -1.34. The minimum absolute atomic E-state index is 0. The van der Waals surface area contributed by atoms with Crippen LogP contribution in [0.4, 0.5) is 0 Å². The third-order valence-corrected chi connectivity index (χ3v) is 12.2. The molecule has 0 aliphatic rings. The van der Waals surface area contributed by atoms with E-state index in [1.807, 2.05) is 41.8 Å². The Hall–Kier alpha value is -3.73. The molecule has 0 saturated heterocycles. The van der Waals surface area contributed by atoms with Crippen molar-refractivity contribution in [2.45, 2.75) is 73.5 Å². The van der Waals surface area contributed by atoms with Gasteiger partial charge in [-0.3, -0.25) is 0 Å². The summed E-state index contributed by atoms with van der Waals surface area (Å²) in [6.45, 7) is 20.6. The van der Waals surface area contributed by atoms with Gasteiger partial charge >= 0.3 is 0 Å². The number of hydrogen-bond donors (Lipinski definition) is 0. The number of hydrogen-bond acceptors (Lipinski definition) is 3. The minimum Gasteiger partial charge on any atom is -0.305 e. The van der Waals surface area contributed by atoms with E-state index < -0.39 is 8.07 Å².